The predicted molar refractivity (Wildman–Crippen MR) is 108 cm³/mol. The number of aryl methyl sites for hydroxylation is 1. The maximum atomic E-state index is 5.93. The molecule has 1 saturated heterocycles. The molecular formula is C22H31NO2S. The molecule has 3 nitrogen and oxygen atoms in total. The molecule has 2 aromatic rings. The van der Waals surface area contributed by atoms with Crippen molar-refractivity contribution in [1.29, 1.82) is 0 Å². The number of aromatic nitrogens is 1. The molecule has 0 aromatic carbocycles. The van der Waals surface area contributed by atoms with Crippen LogP contribution in [-0.2, 0) is 15.9 Å². The molecule has 3 rings (SSSR count). The quantitative estimate of drug-likeness (QED) is 0.477. The van der Waals surface area contributed by atoms with Gasteiger partial charge in [-0.05, 0) is 37.5 Å². The van der Waals surface area contributed by atoms with Gasteiger partial charge in [-0.15, -0.1) is 11.3 Å². The summed E-state index contributed by atoms with van der Waals surface area (Å²) < 4.78 is 11.9. The lowest BCUT2D eigenvalue weighted by Crippen LogP contribution is -2.26. The summed E-state index contributed by atoms with van der Waals surface area (Å²) in [5.41, 5.74) is 2.38. The fourth-order valence-electron chi connectivity index (χ4n) is 3.37. The second-order valence-corrected chi connectivity index (χ2v) is 8.32. The Balaban J connectivity index is 1.54. The highest BCUT2D eigenvalue weighted by molar-refractivity contribution is 7.15. The van der Waals surface area contributed by atoms with Crippen molar-refractivity contribution in [3.8, 4) is 10.4 Å². The monoisotopic (exact) mass is 373 g/mol. The molecule has 1 fully saturated rings. The molecule has 26 heavy (non-hydrogen) atoms. The molecule has 1 aliphatic rings. The highest BCUT2D eigenvalue weighted by atomic mass is 32.1. The minimum Gasteiger partial charge on any atom is -0.347 e. The number of rotatable bonds is 9. The van der Waals surface area contributed by atoms with Gasteiger partial charge in [0.05, 0.1) is 18.1 Å². The third-order valence-corrected chi connectivity index (χ3v) is 6.07. The molecule has 3 heterocycles. The molecule has 0 spiro atoms. The molecule has 0 bridgehead atoms. The first kappa shape index (κ1) is 19.5. The third kappa shape index (κ3) is 5.38. The number of ether oxygens (including phenoxy) is 2. The Morgan fingerprint density at radius 1 is 1.00 bits per heavy atom. The summed E-state index contributed by atoms with van der Waals surface area (Å²) in [5, 5.41) is 0. The minimum absolute atomic E-state index is 0.201. The van der Waals surface area contributed by atoms with Gasteiger partial charge >= 0.3 is 0 Å². The van der Waals surface area contributed by atoms with E-state index in [0.717, 1.165) is 24.5 Å². The number of pyridine rings is 1. The zero-order valence-electron chi connectivity index (χ0n) is 16.1. The van der Waals surface area contributed by atoms with Gasteiger partial charge in [-0.1, -0.05) is 45.6 Å². The topological polar surface area (TPSA) is 31.4 Å². The molecule has 1 aliphatic heterocycles. The van der Waals surface area contributed by atoms with Crippen LogP contribution in [0, 0.1) is 5.92 Å². The van der Waals surface area contributed by atoms with E-state index >= 15 is 0 Å². The van der Waals surface area contributed by atoms with Crippen LogP contribution >= 0.6 is 11.3 Å². The van der Waals surface area contributed by atoms with Crippen molar-refractivity contribution in [3.63, 3.8) is 0 Å². The highest BCUT2D eigenvalue weighted by Gasteiger charge is 2.24. The molecule has 142 valence electrons. The molecule has 4 heteroatoms. The summed E-state index contributed by atoms with van der Waals surface area (Å²) in [5.74, 6) is 0.546. The van der Waals surface area contributed by atoms with E-state index in [1.54, 1.807) is 11.3 Å². The van der Waals surface area contributed by atoms with Crippen molar-refractivity contribution in [3.05, 3.63) is 41.0 Å². The van der Waals surface area contributed by atoms with Gasteiger partial charge in [0.25, 0.3) is 0 Å². The number of hydrogen-bond acceptors (Lipinski definition) is 4. The lowest BCUT2D eigenvalue weighted by Gasteiger charge is -2.28. The maximum Gasteiger partial charge on any atom is 0.193 e. The molecule has 0 saturated carbocycles. The SMILES string of the molecule is CCCCCCc1ccc(-c2ccc(C3OCC(CCC)CO3)s2)cn1. The zero-order chi connectivity index (χ0) is 18.2. The first-order valence-corrected chi connectivity index (χ1v) is 10.9. The zero-order valence-corrected chi connectivity index (χ0v) is 16.9. The lowest BCUT2D eigenvalue weighted by atomic mass is 10.1. The summed E-state index contributed by atoms with van der Waals surface area (Å²) in [4.78, 5) is 7.03. The Morgan fingerprint density at radius 3 is 2.54 bits per heavy atom. The van der Waals surface area contributed by atoms with Gasteiger partial charge in [-0.3, -0.25) is 4.98 Å². The Hall–Kier alpha value is -1.23. The van der Waals surface area contributed by atoms with E-state index < -0.39 is 0 Å². The van der Waals surface area contributed by atoms with Crippen LogP contribution in [0.3, 0.4) is 0 Å². The molecular weight excluding hydrogens is 342 g/mol. The molecule has 2 aromatic heterocycles. The van der Waals surface area contributed by atoms with Crippen LogP contribution in [0.2, 0.25) is 0 Å². The Bertz CT molecular complexity index is 644. The van der Waals surface area contributed by atoms with Gasteiger partial charge < -0.3 is 9.47 Å². The van der Waals surface area contributed by atoms with Crippen LogP contribution < -0.4 is 0 Å². The van der Waals surface area contributed by atoms with E-state index in [-0.39, 0.29) is 6.29 Å². The number of thiophene rings is 1. The van der Waals surface area contributed by atoms with E-state index in [1.165, 1.54) is 54.7 Å². The molecule has 0 aliphatic carbocycles. The summed E-state index contributed by atoms with van der Waals surface area (Å²) in [6.07, 6.45) is 10.4. The second kappa shape index (κ2) is 10.2. The Kier molecular flexibility index (Phi) is 7.66. The van der Waals surface area contributed by atoms with E-state index in [2.05, 4.69) is 43.1 Å². The average Bonchev–Trinajstić information content (AvgIpc) is 3.17. The van der Waals surface area contributed by atoms with Crippen molar-refractivity contribution in [2.45, 2.75) is 65.1 Å². The van der Waals surface area contributed by atoms with E-state index in [9.17, 15) is 0 Å². The molecule has 0 radical (unpaired) electrons. The molecule has 0 N–H and O–H groups in total. The van der Waals surface area contributed by atoms with Gasteiger partial charge in [0.2, 0.25) is 0 Å². The van der Waals surface area contributed by atoms with Crippen LogP contribution in [0.25, 0.3) is 10.4 Å². The number of unbranched alkanes of at least 4 members (excludes halogenated alkanes) is 3. The van der Waals surface area contributed by atoms with Crippen molar-refractivity contribution < 1.29 is 9.47 Å². The van der Waals surface area contributed by atoms with Crippen molar-refractivity contribution in [1.82, 2.24) is 4.98 Å². The van der Waals surface area contributed by atoms with E-state index in [4.69, 9.17) is 9.47 Å². The Labute approximate surface area is 161 Å². The van der Waals surface area contributed by atoms with Crippen LogP contribution in [-0.4, -0.2) is 18.2 Å². The highest BCUT2D eigenvalue weighted by Crippen LogP contribution is 2.35. The molecule has 0 atom stereocenters. The van der Waals surface area contributed by atoms with Crippen molar-refractivity contribution >= 4 is 11.3 Å². The van der Waals surface area contributed by atoms with Crippen LogP contribution in [0.4, 0.5) is 0 Å². The minimum atomic E-state index is -0.201. The standard InChI is InChI=1S/C22H31NO2S/c1-3-5-6-7-9-19-11-10-18(14-23-19)20-12-13-21(26-20)22-24-15-17(8-4-2)16-25-22/h10-14,17,22H,3-9,15-16H2,1-2H3. The molecule has 0 amide bonds. The van der Waals surface area contributed by atoms with Crippen LogP contribution in [0.1, 0.15) is 69.2 Å². The van der Waals surface area contributed by atoms with E-state index in [1.807, 2.05) is 6.20 Å². The summed E-state index contributed by atoms with van der Waals surface area (Å²) in [7, 11) is 0. The van der Waals surface area contributed by atoms with Gasteiger partial charge in [-0.25, -0.2) is 0 Å². The van der Waals surface area contributed by atoms with Gasteiger partial charge in [0.1, 0.15) is 0 Å². The lowest BCUT2D eigenvalue weighted by molar-refractivity contribution is -0.204. The fraction of sp³-hybridized carbons (Fsp3) is 0.591. The largest absolute Gasteiger partial charge is 0.347 e. The third-order valence-electron chi connectivity index (χ3n) is 4.92. The fourth-order valence-corrected chi connectivity index (χ4v) is 4.37. The van der Waals surface area contributed by atoms with Crippen LogP contribution in [0.15, 0.2) is 30.5 Å². The average molecular weight is 374 g/mol. The summed E-state index contributed by atoms with van der Waals surface area (Å²) >= 11 is 1.75. The number of hydrogen-bond donors (Lipinski definition) is 0. The predicted octanol–water partition coefficient (Wildman–Crippen LogP) is 6.39. The smallest absolute Gasteiger partial charge is 0.193 e. The van der Waals surface area contributed by atoms with Crippen LogP contribution in [0.5, 0.6) is 0 Å². The van der Waals surface area contributed by atoms with Crippen molar-refractivity contribution in [2.75, 3.05) is 13.2 Å². The summed E-state index contributed by atoms with van der Waals surface area (Å²) in [6, 6.07) is 8.65. The van der Waals surface area contributed by atoms with Gasteiger partial charge in [-0.2, -0.15) is 0 Å². The van der Waals surface area contributed by atoms with E-state index in [0.29, 0.717) is 5.92 Å². The van der Waals surface area contributed by atoms with Gasteiger partial charge in [0, 0.05) is 28.2 Å². The Morgan fingerprint density at radius 2 is 1.85 bits per heavy atom. The normalized spacial score (nSPS) is 20.4. The first-order chi connectivity index (χ1) is 12.8. The first-order valence-electron chi connectivity index (χ1n) is 10.1. The molecule has 0 unspecified atom stereocenters. The van der Waals surface area contributed by atoms with Gasteiger partial charge in [0.15, 0.2) is 6.29 Å². The second-order valence-electron chi connectivity index (χ2n) is 7.20. The number of nitrogens with zero attached hydrogens (tertiary/aromatic N) is 1. The summed E-state index contributed by atoms with van der Waals surface area (Å²) in [6.45, 7) is 6.07. The van der Waals surface area contributed by atoms with Crippen molar-refractivity contribution in [2.24, 2.45) is 5.92 Å². The maximum absolute atomic E-state index is 5.93.